The van der Waals surface area contributed by atoms with E-state index in [0.717, 1.165) is 6.08 Å². The molecule has 0 bridgehead atoms. The van der Waals surface area contributed by atoms with Gasteiger partial charge in [-0.2, -0.15) is 0 Å². The van der Waals surface area contributed by atoms with Gasteiger partial charge in [0.05, 0.1) is 0 Å². The van der Waals surface area contributed by atoms with Gasteiger partial charge in [-0.15, -0.1) is 0 Å². The normalized spacial score (nSPS) is 9.29. The van der Waals surface area contributed by atoms with Crippen LogP contribution in [-0.4, -0.2) is 11.1 Å². The minimum atomic E-state index is -0.891. The molecular formula is C11H15NO2. The van der Waals surface area contributed by atoms with Crippen LogP contribution in [0.25, 0.3) is 0 Å². The summed E-state index contributed by atoms with van der Waals surface area (Å²) in [6.07, 6.45) is 2.56. The molecule has 1 aromatic carbocycles. The summed E-state index contributed by atoms with van der Waals surface area (Å²) >= 11 is 0. The Morgan fingerprint density at radius 1 is 1.43 bits per heavy atom. The van der Waals surface area contributed by atoms with Gasteiger partial charge in [0.2, 0.25) is 0 Å². The predicted octanol–water partition coefficient (Wildman–Crippen LogP) is 1.79. The van der Waals surface area contributed by atoms with E-state index >= 15 is 0 Å². The maximum atomic E-state index is 9.51. The number of carboxylic acid groups (broad SMARTS) is 1. The second-order valence-electron chi connectivity index (χ2n) is 2.53. The van der Waals surface area contributed by atoms with Crippen molar-refractivity contribution in [1.29, 1.82) is 0 Å². The zero-order chi connectivity index (χ0) is 10.8. The Morgan fingerprint density at radius 3 is 2.21 bits per heavy atom. The Bertz CT molecular complexity index is 281. The summed E-state index contributed by atoms with van der Waals surface area (Å²) in [7, 11) is 0. The van der Waals surface area contributed by atoms with E-state index in [-0.39, 0.29) is 0 Å². The average Bonchev–Trinajstić information content (AvgIpc) is 2.20. The van der Waals surface area contributed by atoms with E-state index in [9.17, 15) is 4.79 Å². The molecule has 14 heavy (non-hydrogen) atoms. The summed E-state index contributed by atoms with van der Waals surface area (Å²) in [5.74, 6) is -0.891. The Kier molecular flexibility index (Phi) is 7.09. The van der Waals surface area contributed by atoms with Crippen LogP contribution in [0, 0.1) is 0 Å². The molecule has 0 aliphatic rings. The smallest absolute Gasteiger partial charge is 0.327 e. The van der Waals surface area contributed by atoms with Gasteiger partial charge in [-0.05, 0) is 12.5 Å². The van der Waals surface area contributed by atoms with Crippen molar-refractivity contribution in [2.24, 2.45) is 5.73 Å². The first-order valence-electron chi connectivity index (χ1n) is 4.30. The fourth-order valence-electron chi connectivity index (χ4n) is 0.757. The zero-order valence-electron chi connectivity index (χ0n) is 8.18. The molecule has 1 aromatic rings. The zero-order valence-corrected chi connectivity index (χ0v) is 8.18. The SMILES string of the molecule is C/C=C/C(=O)O.NCc1ccccc1. The van der Waals surface area contributed by atoms with E-state index in [1.54, 1.807) is 6.92 Å². The molecule has 0 aromatic heterocycles. The number of hydrogen-bond donors (Lipinski definition) is 2. The summed E-state index contributed by atoms with van der Waals surface area (Å²) in [6, 6.07) is 9.99. The third-order valence-corrected chi connectivity index (χ3v) is 1.39. The Balaban J connectivity index is 0.000000255. The quantitative estimate of drug-likeness (QED) is 0.704. The highest BCUT2D eigenvalue weighted by atomic mass is 16.4. The molecule has 0 spiro atoms. The highest BCUT2D eigenvalue weighted by Crippen LogP contribution is 1.94. The van der Waals surface area contributed by atoms with Gasteiger partial charge in [-0.3, -0.25) is 0 Å². The van der Waals surface area contributed by atoms with Gasteiger partial charge in [0.1, 0.15) is 0 Å². The molecule has 0 heterocycles. The van der Waals surface area contributed by atoms with Crippen LogP contribution in [0.3, 0.4) is 0 Å². The monoisotopic (exact) mass is 193 g/mol. The van der Waals surface area contributed by atoms with Gasteiger partial charge in [0.15, 0.2) is 0 Å². The molecule has 76 valence electrons. The van der Waals surface area contributed by atoms with Gasteiger partial charge < -0.3 is 10.8 Å². The molecule has 0 unspecified atom stereocenters. The van der Waals surface area contributed by atoms with E-state index in [0.29, 0.717) is 6.54 Å². The van der Waals surface area contributed by atoms with Crippen LogP contribution in [0.4, 0.5) is 0 Å². The molecule has 0 saturated carbocycles. The van der Waals surface area contributed by atoms with Crippen molar-refractivity contribution in [1.82, 2.24) is 0 Å². The van der Waals surface area contributed by atoms with E-state index < -0.39 is 5.97 Å². The first kappa shape index (κ1) is 12.4. The molecular weight excluding hydrogens is 178 g/mol. The number of rotatable bonds is 2. The lowest BCUT2D eigenvalue weighted by Crippen LogP contribution is -1.94. The second-order valence-corrected chi connectivity index (χ2v) is 2.53. The van der Waals surface area contributed by atoms with Crippen molar-refractivity contribution in [2.45, 2.75) is 13.5 Å². The first-order valence-corrected chi connectivity index (χ1v) is 4.30. The third kappa shape index (κ3) is 7.06. The molecule has 0 amide bonds. The molecule has 3 nitrogen and oxygen atoms in total. The highest BCUT2D eigenvalue weighted by molar-refractivity contribution is 5.79. The molecule has 0 saturated heterocycles. The van der Waals surface area contributed by atoms with Crippen molar-refractivity contribution < 1.29 is 9.90 Å². The van der Waals surface area contributed by atoms with E-state index in [4.69, 9.17) is 10.8 Å². The molecule has 1 rings (SSSR count). The third-order valence-electron chi connectivity index (χ3n) is 1.39. The maximum absolute atomic E-state index is 9.51. The summed E-state index contributed by atoms with van der Waals surface area (Å²) in [5.41, 5.74) is 6.54. The molecule has 3 N–H and O–H groups in total. The van der Waals surface area contributed by atoms with Crippen LogP contribution < -0.4 is 5.73 Å². The molecule has 0 aliphatic heterocycles. The lowest BCUT2D eigenvalue weighted by molar-refractivity contribution is -0.131. The van der Waals surface area contributed by atoms with Gasteiger partial charge >= 0.3 is 5.97 Å². The molecule has 3 heteroatoms. The maximum Gasteiger partial charge on any atom is 0.327 e. The first-order chi connectivity index (χ1) is 6.70. The Morgan fingerprint density at radius 2 is 2.00 bits per heavy atom. The number of hydrogen-bond acceptors (Lipinski definition) is 2. The van der Waals surface area contributed by atoms with Crippen LogP contribution in [0.2, 0.25) is 0 Å². The molecule has 0 fully saturated rings. The molecule has 0 atom stereocenters. The van der Waals surface area contributed by atoms with Crippen LogP contribution >= 0.6 is 0 Å². The number of benzene rings is 1. The number of nitrogens with two attached hydrogens (primary N) is 1. The second kappa shape index (κ2) is 8.01. The minimum absolute atomic E-state index is 0.640. The lowest BCUT2D eigenvalue weighted by Gasteiger charge is -1.90. The Hall–Kier alpha value is -1.61. The summed E-state index contributed by atoms with van der Waals surface area (Å²) in [5, 5.41) is 7.83. The van der Waals surface area contributed by atoms with Crippen LogP contribution in [0.15, 0.2) is 42.5 Å². The van der Waals surface area contributed by atoms with Gasteiger partial charge in [0.25, 0.3) is 0 Å². The predicted molar refractivity (Wildman–Crippen MR) is 56.8 cm³/mol. The van der Waals surface area contributed by atoms with Gasteiger partial charge in [-0.1, -0.05) is 36.4 Å². The Labute approximate surface area is 83.9 Å². The molecule has 0 radical (unpaired) electrons. The number of carboxylic acids is 1. The van der Waals surface area contributed by atoms with Gasteiger partial charge in [-0.25, -0.2) is 4.79 Å². The van der Waals surface area contributed by atoms with Crippen LogP contribution in [0.1, 0.15) is 12.5 Å². The van der Waals surface area contributed by atoms with Gasteiger partial charge in [0, 0.05) is 12.6 Å². The summed E-state index contributed by atoms with van der Waals surface area (Å²) < 4.78 is 0. The molecule has 0 aliphatic carbocycles. The summed E-state index contributed by atoms with van der Waals surface area (Å²) in [4.78, 5) is 9.51. The van der Waals surface area contributed by atoms with Crippen molar-refractivity contribution in [2.75, 3.05) is 0 Å². The number of carbonyl (C=O) groups is 1. The fourth-order valence-corrected chi connectivity index (χ4v) is 0.757. The van der Waals surface area contributed by atoms with Crippen LogP contribution in [-0.2, 0) is 11.3 Å². The summed E-state index contributed by atoms with van der Waals surface area (Å²) in [6.45, 7) is 2.30. The van der Waals surface area contributed by atoms with Crippen molar-refractivity contribution in [3.63, 3.8) is 0 Å². The van der Waals surface area contributed by atoms with Crippen molar-refractivity contribution in [3.8, 4) is 0 Å². The standard InChI is InChI=1S/C7H9N.C4H6O2/c8-6-7-4-2-1-3-5-7;1-2-3-4(5)6/h1-5H,6,8H2;2-3H,1H3,(H,5,6)/b;3-2+. The fraction of sp³-hybridized carbons (Fsp3) is 0.182. The van der Waals surface area contributed by atoms with E-state index in [1.807, 2.05) is 30.3 Å². The largest absolute Gasteiger partial charge is 0.478 e. The topological polar surface area (TPSA) is 63.3 Å². The lowest BCUT2D eigenvalue weighted by atomic mass is 10.2. The average molecular weight is 193 g/mol. The highest BCUT2D eigenvalue weighted by Gasteiger charge is 1.80. The number of aliphatic carboxylic acids is 1. The van der Waals surface area contributed by atoms with Crippen molar-refractivity contribution in [3.05, 3.63) is 48.0 Å². The van der Waals surface area contributed by atoms with E-state index in [2.05, 4.69) is 0 Å². The van der Waals surface area contributed by atoms with Crippen molar-refractivity contribution >= 4 is 5.97 Å². The van der Waals surface area contributed by atoms with Crippen LogP contribution in [0.5, 0.6) is 0 Å². The number of allylic oxidation sites excluding steroid dienone is 1. The minimum Gasteiger partial charge on any atom is -0.478 e. The van der Waals surface area contributed by atoms with E-state index in [1.165, 1.54) is 11.6 Å².